The number of allylic oxidation sites excluding steroid dienone is 2. The number of aromatic amines is 1. The van der Waals surface area contributed by atoms with Gasteiger partial charge in [0, 0.05) is 95.1 Å². The van der Waals surface area contributed by atoms with Crippen LogP contribution in [0.1, 0.15) is 84.7 Å². The molecule has 14 nitrogen and oxygen atoms in total. The predicted molar refractivity (Wildman–Crippen MR) is 224 cm³/mol. The SMILES string of the molecule is CC1(Oc2ccc3[nH]nc(C4=CCNC(N5CCC(CN6CCN(CC7CCN(c8ccc9c(c8)C(=O)N(C8CCC(=O)NC8=O)C9=O)CC7)CC6)CC5)=C4)c3c2)CC1. The van der Waals surface area contributed by atoms with Gasteiger partial charge in [-0.2, -0.15) is 5.10 Å². The van der Waals surface area contributed by atoms with Crippen LogP contribution in [0.15, 0.2) is 54.4 Å². The molecule has 7 aliphatic rings. The fraction of sp³-hybridized carbons (Fsp3) is 0.533. The third-order valence-electron chi connectivity index (χ3n) is 13.9. The summed E-state index contributed by atoms with van der Waals surface area (Å²) in [7, 11) is 0. The van der Waals surface area contributed by atoms with Crippen molar-refractivity contribution in [2.75, 3.05) is 76.9 Å². The lowest BCUT2D eigenvalue weighted by Crippen LogP contribution is -2.54. The average molecular weight is 802 g/mol. The van der Waals surface area contributed by atoms with E-state index < -0.39 is 23.8 Å². The number of dihydropyridines is 1. The van der Waals surface area contributed by atoms with E-state index in [1.54, 1.807) is 6.07 Å². The number of aromatic nitrogens is 2. The summed E-state index contributed by atoms with van der Waals surface area (Å²) in [5.74, 6) is 1.60. The van der Waals surface area contributed by atoms with Gasteiger partial charge in [0.2, 0.25) is 11.8 Å². The van der Waals surface area contributed by atoms with Gasteiger partial charge >= 0.3 is 0 Å². The van der Waals surface area contributed by atoms with Crippen LogP contribution in [-0.2, 0) is 9.59 Å². The summed E-state index contributed by atoms with van der Waals surface area (Å²) in [6, 6.07) is 10.8. The van der Waals surface area contributed by atoms with Crippen LogP contribution >= 0.6 is 0 Å². The first-order chi connectivity index (χ1) is 28.7. The van der Waals surface area contributed by atoms with Crippen molar-refractivity contribution in [2.45, 2.75) is 69.9 Å². The normalized spacial score (nSPS) is 24.6. The van der Waals surface area contributed by atoms with Crippen LogP contribution in [0.3, 0.4) is 0 Å². The number of carbonyl (C=O) groups is 4. The Hall–Kier alpha value is -5.21. The molecule has 1 aromatic heterocycles. The molecule has 1 saturated carbocycles. The van der Waals surface area contributed by atoms with Crippen molar-refractivity contribution in [2.24, 2.45) is 11.8 Å². The molecule has 0 spiro atoms. The number of hydrogen-bond acceptors (Lipinski definition) is 11. The molecule has 1 atom stereocenters. The van der Waals surface area contributed by atoms with Crippen LogP contribution in [0.2, 0.25) is 0 Å². The maximum atomic E-state index is 13.4. The van der Waals surface area contributed by atoms with E-state index >= 15 is 0 Å². The van der Waals surface area contributed by atoms with Crippen LogP contribution < -0.4 is 20.3 Å². The van der Waals surface area contributed by atoms with Crippen molar-refractivity contribution in [3.05, 3.63) is 71.2 Å². The molecular formula is C45H55N9O5. The minimum absolute atomic E-state index is 0.0152. The number of anilines is 1. The first kappa shape index (κ1) is 38.0. The summed E-state index contributed by atoms with van der Waals surface area (Å²) in [6.45, 7) is 13.7. The number of nitrogens with zero attached hydrogens (tertiary/aromatic N) is 6. The van der Waals surface area contributed by atoms with Crippen molar-refractivity contribution in [3.8, 4) is 5.75 Å². The number of H-pyrrole nitrogens is 1. The summed E-state index contributed by atoms with van der Waals surface area (Å²) >= 11 is 0. The average Bonchev–Trinajstić information content (AvgIpc) is 3.73. The highest BCUT2D eigenvalue weighted by atomic mass is 16.5. The zero-order chi connectivity index (χ0) is 40.3. The summed E-state index contributed by atoms with van der Waals surface area (Å²) in [4.78, 5) is 61.8. The molecule has 0 radical (unpaired) electrons. The molecule has 3 aromatic rings. The van der Waals surface area contributed by atoms with Crippen molar-refractivity contribution in [1.82, 2.24) is 40.4 Å². The number of likely N-dealkylation sites (tertiary alicyclic amines) is 1. The molecule has 10 rings (SSSR count). The number of amides is 4. The highest BCUT2D eigenvalue weighted by Gasteiger charge is 2.45. The smallest absolute Gasteiger partial charge is 0.262 e. The molecule has 4 amide bonds. The van der Waals surface area contributed by atoms with Crippen molar-refractivity contribution in [1.29, 1.82) is 0 Å². The maximum absolute atomic E-state index is 13.4. The molecule has 4 saturated heterocycles. The summed E-state index contributed by atoms with van der Waals surface area (Å²) in [6.07, 6.45) is 11.6. The van der Waals surface area contributed by atoms with E-state index in [4.69, 9.17) is 9.84 Å². The number of ether oxygens (including phenoxy) is 1. The molecule has 6 aliphatic heterocycles. The quantitative estimate of drug-likeness (QED) is 0.256. The molecule has 14 heteroatoms. The monoisotopic (exact) mass is 801 g/mol. The number of imide groups is 2. The number of rotatable bonds is 10. The minimum atomic E-state index is -0.948. The lowest BCUT2D eigenvalue weighted by molar-refractivity contribution is -0.136. The van der Waals surface area contributed by atoms with Crippen LogP contribution in [0.4, 0.5) is 5.69 Å². The number of benzene rings is 2. The fourth-order valence-corrected chi connectivity index (χ4v) is 10.0. The Bertz CT molecular complexity index is 2220. The Morgan fingerprint density at radius 3 is 2.14 bits per heavy atom. The molecule has 59 heavy (non-hydrogen) atoms. The number of carbonyl (C=O) groups excluding carboxylic acids is 4. The van der Waals surface area contributed by atoms with Gasteiger partial charge in [0.1, 0.15) is 23.2 Å². The third-order valence-corrected chi connectivity index (χ3v) is 13.9. The third kappa shape index (κ3) is 7.72. The first-order valence-electron chi connectivity index (χ1n) is 21.8. The number of nitrogens with one attached hydrogen (secondary N) is 3. The van der Waals surface area contributed by atoms with Crippen LogP contribution in [0.5, 0.6) is 5.75 Å². The van der Waals surface area contributed by atoms with E-state index in [1.807, 2.05) is 18.2 Å². The topological polar surface area (TPSA) is 146 Å². The number of hydrogen-bond donors (Lipinski definition) is 3. The number of piperidine rings is 3. The van der Waals surface area contributed by atoms with Gasteiger partial charge < -0.3 is 29.7 Å². The summed E-state index contributed by atoms with van der Waals surface area (Å²) < 4.78 is 6.27. The van der Waals surface area contributed by atoms with E-state index in [2.05, 4.69) is 66.5 Å². The molecule has 1 unspecified atom stereocenters. The summed E-state index contributed by atoms with van der Waals surface area (Å²) in [5.41, 5.74) is 4.76. The lowest BCUT2D eigenvalue weighted by atomic mass is 9.94. The van der Waals surface area contributed by atoms with Gasteiger partial charge in [-0.05, 0) is 106 Å². The molecule has 310 valence electrons. The molecular weight excluding hydrogens is 747 g/mol. The van der Waals surface area contributed by atoms with Crippen LogP contribution in [-0.4, -0.2) is 137 Å². The second-order valence-electron chi connectivity index (χ2n) is 18.0. The number of fused-ring (bicyclic) bond motifs is 2. The van der Waals surface area contributed by atoms with Gasteiger partial charge in [-0.25, -0.2) is 0 Å². The van der Waals surface area contributed by atoms with Crippen LogP contribution in [0.25, 0.3) is 16.5 Å². The highest BCUT2D eigenvalue weighted by molar-refractivity contribution is 6.23. The van der Waals surface area contributed by atoms with E-state index in [9.17, 15) is 19.2 Å². The molecule has 7 heterocycles. The summed E-state index contributed by atoms with van der Waals surface area (Å²) in [5, 5.41) is 15.0. The zero-order valence-corrected chi connectivity index (χ0v) is 34.0. The van der Waals surface area contributed by atoms with Crippen LogP contribution in [0, 0.1) is 11.8 Å². The van der Waals surface area contributed by atoms with E-state index in [0.29, 0.717) is 17.0 Å². The molecule has 3 N–H and O–H groups in total. The molecule has 0 bridgehead atoms. The van der Waals surface area contributed by atoms with Crippen molar-refractivity contribution < 1.29 is 23.9 Å². The molecule has 1 aliphatic carbocycles. The van der Waals surface area contributed by atoms with Gasteiger partial charge in [0.15, 0.2) is 0 Å². The fourth-order valence-electron chi connectivity index (χ4n) is 10.0. The van der Waals surface area contributed by atoms with Gasteiger partial charge in [-0.3, -0.25) is 34.5 Å². The standard InChI is InChI=1S/C45H55N9O5/c1-45(13-14-45)59-33-3-5-37-36(26-33)41(49-48-37)31-8-15-46-39(24-31)53-18-11-30(12-19-53)28-51-22-20-50(21-23-51)27-29-9-16-52(17-10-29)32-2-4-34-35(25-32)44(58)54(43(34)57)38-6-7-40(55)47-42(38)56/h2-5,8,24-26,29-30,38,46H,6-7,9-23,27-28H2,1H3,(H,48,49)(H,47,55,56). The second-order valence-corrected chi connectivity index (χ2v) is 18.0. The van der Waals surface area contributed by atoms with Gasteiger partial charge in [-0.1, -0.05) is 6.08 Å². The largest absolute Gasteiger partial charge is 0.488 e. The van der Waals surface area contributed by atoms with Gasteiger partial charge in [-0.15, -0.1) is 0 Å². The maximum Gasteiger partial charge on any atom is 0.262 e. The van der Waals surface area contributed by atoms with Gasteiger partial charge in [0.05, 0.1) is 22.3 Å². The van der Waals surface area contributed by atoms with E-state index in [0.717, 1.165) is 136 Å². The Kier molecular flexibility index (Phi) is 9.94. The molecule has 2 aromatic carbocycles. The Morgan fingerprint density at radius 2 is 1.46 bits per heavy atom. The zero-order valence-electron chi connectivity index (χ0n) is 34.0. The first-order valence-corrected chi connectivity index (χ1v) is 21.8. The van der Waals surface area contributed by atoms with E-state index in [1.165, 1.54) is 25.2 Å². The number of piperazine rings is 1. The lowest BCUT2D eigenvalue weighted by Gasteiger charge is -2.41. The molecule has 5 fully saturated rings. The Balaban J connectivity index is 0.661. The van der Waals surface area contributed by atoms with Crippen molar-refractivity contribution in [3.63, 3.8) is 0 Å². The second kappa shape index (κ2) is 15.4. The Morgan fingerprint density at radius 1 is 0.780 bits per heavy atom. The van der Waals surface area contributed by atoms with E-state index in [-0.39, 0.29) is 24.3 Å². The predicted octanol–water partition coefficient (Wildman–Crippen LogP) is 3.97. The van der Waals surface area contributed by atoms with Gasteiger partial charge in [0.25, 0.3) is 11.8 Å². The Labute approximate surface area is 344 Å². The highest BCUT2D eigenvalue weighted by Crippen LogP contribution is 2.41. The van der Waals surface area contributed by atoms with Crippen molar-refractivity contribution >= 4 is 45.8 Å². The minimum Gasteiger partial charge on any atom is -0.488 e.